The molecule has 0 radical (unpaired) electrons. The number of aryl methyl sites for hydroxylation is 1. The average molecular weight is 557 g/mol. The first-order chi connectivity index (χ1) is 19.0. The third-order valence-electron chi connectivity index (χ3n) is 6.41. The SMILES string of the molecule is C=CC(=O)Nc1cc(CN2CCN(C)CC2)ccc1Nc1nc(Nc2cc(OC)ncc2C)ncc1C(F)(F)F. The summed E-state index contributed by atoms with van der Waals surface area (Å²) in [6, 6.07) is 6.76. The lowest BCUT2D eigenvalue weighted by Crippen LogP contribution is -2.43. The van der Waals surface area contributed by atoms with Crippen molar-refractivity contribution in [1.82, 2.24) is 24.8 Å². The van der Waals surface area contributed by atoms with E-state index in [1.165, 1.54) is 7.11 Å². The van der Waals surface area contributed by atoms with Gasteiger partial charge in [0.05, 0.1) is 24.2 Å². The number of carbonyl (C=O) groups is 1. The second-order valence-corrected chi connectivity index (χ2v) is 9.40. The fourth-order valence-corrected chi connectivity index (χ4v) is 4.09. The third-order valence-corrected chi connectivity index (χ3v) is 6.41. The van der Waals surface area contributed by atoms with Gasteiger partial charge in [0.1, 0.15) is 11.4 Å². The molecule has 10 nitrogen and oxygen atoms in total. The van der Waals surface area contributed by atoms with Crippen LogP contribution in [0.5, 0.6) is 5.88 Å². The lowest BCUT2D eigenvalue weighted by atomic mass is 10.1. The summed E-state index contributed by atoms with van der Waals surface area (Å²) in [7, 11) is 3.52. The summed E-state index contributed by atoms with van der Waals surface area (Å²) in [6.45, 7) is 9.54. The topological polar surface area (TPSA) is 108 Å². The largest absolute Gasteiger partial charge is 0.481 e. The number of hydrogen-bond acceptors (Lipinski definition) is 9. The predicted molar refractivity (Wildman–Crippen MR) is 147 cm³/mol. The number of methoxy groups -OCH3 is 1. The summed E-state index contributed by atoms with van der Waals surface area (Å²) in [5.74, 6) is -0.736. The molecule has 0 aliphatic carbocycles. The molecule has 0 spiro atoms. The van der Waals surface area contributed by atoms with E-state index in [4.69, 9.17) is 4.74 Å². The number of alkyl halides is 3. The summed E-state index contributed by atoms with van der Waals surface area (Å²) in [6.07, 6.45) is -1.38. The van der Waals surface area contributed by atoms with Gasteiger partial charge >= 0.3 is 6.18 Å². The van der Waals surface area contributed by atoms with Crippen molar-refractivity contribution >= 4 is 34.7 Å². The Labute approximate surface area is 230 Å². The molecule has 0 atom stereocenters. The van der Waals surface area contributed by atoms with Crippen LogP contribution in [0.25, 0.3) is 0 Å². The summed E-state index contributed by atoms with van der Waals surface area (Å²) in [5, 5.41) is 8.37. The van der Waals surface area contributed by atoms with E-state index in [2.05, 4.69) is 54.3 Å². The monoisotopic (exact) mass is 556 g/mol. The molecule has 40 heavy (non-hydrogen) atoms. The molecular formula is C27H31F3N8O2. The van der Waals surface area contributed by atoms with Crippen molar-refractivity contribution in [1.29, 1.82) is 0 Å². The molecule has 4 rings (SSSR count). The lowest BCUT2D eigenvalue weighted by molar-refractivity contribution is -0.137. The Morgan fingerprint density at radius 2 is 1.82 bits per heavy atom. The number of anilines is 5. The molecule has 0 unspecified atom stereocenters. The fraction of sp³-hybridized carbons (Fsp3) is 0.333. The van der Waals surface area contributed by atoms with Gasteiger partial charge in [-0.05, 0) is 43.3 Å². The number of likely N-dealkylation sites (N-methyl/N-ethyl adjacent to an activating group) is 1. The van der Waals surface area contributed by atoms with Crippen LogP contribution in [0, 0.1) is 6.92 Å². The van der Waals surface area contributed by atoms with E-state index in [9.17, 15) is 18.0 Å². The minimum absolute atomic E-state index is 0.0739. The third kappa shape index (κ3) is 7.24. The Bertz CT molecular complexity index is 1370. The van der Waals surface area contributed by atoms with E-state index >= 15 is 0 Å². The first kappa shape index (κ1) is 28.8. The maximum Gasteiger partial charge on any atom is 0.421 e. The molecule has 1 amide bonds. The first-order valence-electron chi connectivity index (χ1n) is 12.5. The van der Waals surface area contributed by atoms with Crippen LogP contribution in [0.4, 0.5) is 42.0 Å². The number of rotatable bonds is 9. The second kappa shape index (κ2) is 12.3. The number of nitrogens with zero attached hydrogens (tertiary/aromatic N) is 5. The van der Waals surface area contributed by atoms with Crippen LogP contribution in [0.2, 0.25) is 0 Å². The molecule has 2 aromatic heterocycles. The molecule has 212 valence electrons. The molecule has 3 heterocycles. The quantitative estimate of drug-likeness (QED) is 0.327. The number of benzene rings is 1. The van der Waals surface area contributed by atoms with Gasteiger partial charge in [0, 0.05) is 51.2 Å². The van der Waals surface area contributed by atoms with Gasteiger partial charge in [0.25, 0.3) is 0 Å². The number of ether oxygens (including phenoxy) is 1. The number of piperazine rings is 1. The highest BCUT2D eigenvalue weighted by Crippen LogP contribution is 2.37. The van der Waals surface area contributed by atoms with Gasteiger partial charge in [-0.1, -0.05) is 12.6 Å². The van der Waals surface area contributed by atoms with Crippen molar-refractivity contribution in [3.05, 3.63) is 66.0 Å². The smallest absolute Gasteiger partial charge is 0.421 e. The maximum absolute atomic E-state index is 13.9. The summed E-state index contributed by atoms with van der Waals surface area (Å²) >= 11 is 0. The molecule has 13 heteroatoms. The van der Waals surface area contributed by atoms with Gasteiger partial charge in [0.15, 0.2) is 0 Å². The number of pyridine rings is 1. The van der Waals surface area contributed by atoms with Crippen LogP contribution in [0.3, 0.4) is 0 Å². The molecule has 0 saturated carbocycles. The van der Waals surface area contributed by atoms with E-state index in [0.717, 1.165) is 37.8 Å². The fourth-order valence-electron chi connectivity index (χ4n) is 4.09. The van der Waals surface area contributed by atoms with E-state index in [-0.39, 0.29) is 11.6 Å². The summed E-state index contributed by atoms with van der Waals surface area (Å²) in [4.78, 5) is 28.8. The van der Waals surface area contributed by atoms with Crippen LogP contribution in [0.15, 0.2) is 49.3 Å². The number of nitrogens with one attached hydrogen (secondary N) is 3. The minimum atomic E-state index is -4.73. The Morgan fingerprint density at radius 1 is 1.07 bits per heavy atom. The number of amides is 1. The maximum atomic E-state index is 13.9. The lowest BCUT2D eigenvalue weighted by Gasteiger charge is -2.32. The van der Waals surface area contributed by atoms with Crippen molar-refractivity contribution in [2.75, 3.05) is 56.3 Å². The number of aromatic nitrogens is 3. The van der Waals surface area contributed by atoms with Gasteiger partial charge in [-0.2, -0.15) is 18.2 Å². The highest BCUT2D eigenvalue weighted by atomic mass is 19.4. The Kier molecular flexibility index (Phi) is 8.85. The molecule has 1 aliphatic heterocycles. The Morgan fingerprint density at radius 3 is 2.50 bits per heavy atom. The zero-order valence-electron chi connectivity index (χ0n) is 22.5. The Hall–Kier alpha value is -4.23. The first-order valence-corrected chi connectivity index (χ1v) is 12.5. The van der Waals surface area contributed by atoms with Crippen molar-refractivity contribution in [3.8, 4) is 5.88 Å². The molecule has 1 saturated heterocycles. The zero-order valence-corrected chi connectivity index (χ0v) is 22.5. The van der Waals surface area contributed by atoms with E-state index < -0.39 is 23.5 Å². The van der Waals surface area contributed by atoms with E-state index in [0.29, 0.717) is 35.6 Å². The van der Waals surface area contributed by atoms with Gasteiger partial charge in [-0.25, -0.2) is 9.97 Å². The van der Waals surface area contributed by atoms with Gasteiger partial charge in [-0.15, -0.1) is 0 Å². The second-order valence-electron chi connectivity index (χ2n) is 9.40. The van der Waals surface area contributed by atoms with Crippen LogP contribution in [0.1, 0.15) is 16.7 Å². The number of halogens is 3. The Balaban J connectivity index is 1.66. The van der Waals surface area contributed by atoms with Crippen LogP contribution in [-0.4, -0.2) is 71.0 Å². The molecule has 3 N–H and O–H groups in total. The van der Waals surface area contributed by atoms with Crippen molar-refractivity contribution in [2.24, 2.45) is 0 Å². The van der Waals surface area contributed by atoms with Crippen LogP contribution in [-0.2, 0) is 17.5 Å². The van der Waals surface area contributed by atoms with Crippen molar-refractivity contribution in [2.45, 2.75) is 19.6 Å². The summed E-state index contributed by atoms with van der Waals surface area (Å²) in [5.41, 5.74) is 1.60. The number of carbonyl (C=O) groups excluding carboxylic acids is 1. The molecule has 3 aromatic rings. The molecule has 0 bridgehead atoms. The van der Waals surface area contributed by atoms with Gasteiger partial charge in [0.2, 0.25) is 17.7 Å². The standard InChI is InChI=1S/C27H31F3N8O2/c1-5-23(39)33-22-12-18(16-38-10-8-37(3)9-11-38)6-7-20(22)34-25-19(27(28,29)30)15-32-26(36-25)35-21-13-24(40-4)31-14-17(21)2/h5-7,12-15H,1,8-11,16H2,2-4H3,(H,33,39)(H2,31,32,34,35,36). The predicted octanol–water partition coefficient (Wildman–Crippen LogP) is 4.57. The minimum Gasteiger partial charge on any atom is -0.481 e. The van der Waals surface area contributed by atoms with E-state index in [1.54, 1.807) is 31.3 Å². The number of hydrogen-bond donors (Lipinski definition) is 3. The average Bonchev–Trinajstić information content (AvgIpc) is 2.92. The van der Waals surface area contributed by atoms with E-state index in [1.807, 2.05) is 6.07 Å². The highest BCUT2D eigenvalue weighted by Gasteiger charge is 2.35. The van der Waals surface area contributed by atoms with Gasteiger partial charge in [-0.3, -0.25) is 9.69 Å². The highest BCUT2D eigenvalue weighted by molar-refractivity contribution is 6.01. The van der Waals surface area contributed by atoms with Gasteiger partial charge < -0.3 is 25.6 Å². The summed E-state index contributed by atoms with van der Waals surface area (Å²) < 4.78 is 46.9. The van der Waals surface area contributed by atoms with Crippen molar-refractivity contribution in [3.63, 3.8) is 0 Å². The molecule has 1 fully saturated rings. The normalized spacial score (nSPS) is 14.4. The molecular weight excluding hydrogens is 525 g/mol. The van der Waals surface area contributed by atoms with Crippen LogP contribution >= 0.6 is 0 Å². The molecule has 1 aliphatic rings. The zero-order chi connectivity index (χ0) is 28.9. The van der Waals surface area contributed by atoms with Crippen LogP contribution < -0.4 is 20.7 Å². The molecule has 1 aromatic carbocycles. The van der Waals surface area contributed by atoms with Crippen molar-refractivity contribution < 1.29 is 22.7 Å².